The number of hydrogen-bond acceptors (Lipinski definition) is 4. The van der Waals surface area contributed by atoms with Crippen molar-refractivity contribution >= 4 is 23.0 Å². The first-order valence-electron chi connectivity index (χ1n) is 8.34. The van der Waals surface area contributed by atoms with Crippen molar-refractivity contribution in [3.8, 4) is 5.75 Å². The van der Waals surface area contributed by atoms with Crippen LogP contribution in [0.1, 0.15) is 37.2 Å². The van der Waals surface area contributed by atoms with Gasteiger partial charge in [0.25, 0.3) is 5.69 Å². The smallest absolute Gasteiger partial charge is 0.293 e. The molecule has 126 valence electrons. The maximum atomic E-state index is 12.5. The second kappa shape index (κ2) is 5.81. The summed E-state index contributed by atoms with van der Waals surface area (Å²) in [5.74, 6) is 0.329. The highest BCUT2D eigenvalue weighted by Gasteiger charge is 2.44. The average molecular weight is 346 g/mol. The predicted octanol–water partition coefficient (Wildman–Crippen LogP) is 4.13. The van der Waals surface area contributed by atoms with E-state index >= 15 is 0 Å². The fourth-order valence-corrected chi connectivity index (χ4v) is 4.80. The lowest BCUT2D eigenvalue weighted by Crippen LogP contribution is -2.42. The fourth-order valence-electron chi connectivity index (χ4n) is 4.53. The van der Waals surface area contributed by atoms with Crippen LogP contribution in [-0.2, 0) is 0 Å². The molecule has 5 nitrogen and oxygen atoms in total. The van der Waals surface area contributed by atoms with Gasteiger partial charge in [-0.1, -0.05) is 41.7 Å². The Bertz CT molecular complexity index is 759. The Kier molecular flexibility index (Phi) is 3.76. The highest BCUT2D eigenvalue weighted by atomic mass is 35.5. The van der Waals surface area contributed by atoms with Crippen LogP contribution in [0.25, 0.3) is 0 Å². The minimum Gasteiger partial charge on any atom is -0.871 e. The summed E-state index contributed by atoms with van der Waals surface area (Å²) in [4.78, 5) is 11.1. The van der Waals surface area contributed by atoms with E-state index in [2.05, 4.69) is 23.5 Å². The van der Waals surface area contributed by atoms with Crippen LogP contribution in [0.3, 0.4) is 0 Å². The summed E-state index contributed by atoms with van der Waals surface area (Å²) in [5, 5.41) is 27.3. The van der Waals surface area contributed by atoms with Crippen molar-refractivity contribution in [3.63, 3.8) is 0 Å². The van der Waals surface area contributed by atoms with E-state index in [1.165, 1.54) is 6.07 Å². The minimum absolute atomic E-state index is 0.0661. The maximum Gasteiger partial charge on any atom is 0.293 e. The Hall–Kier alpha value is -2.01. The van der Waals surface area contributed by atoms with E-state index < -0.39 is 4.92 Å². The Morgan fingerprint density at radius 1 is 1.25 bits per heavy atom. The van der Waals surface area contributed by atoms with Crippen LogP contribution >= 0.6 is 11.6 Å². The molecule has 0 saturated heterocycles. The third kappa shape index (κ3) is 2.30. The van der Waals surface area contributed by atoms with Crippen LogP contribution in [-0.4, -0.2) is 11.0 Å². The summed E-state index contributed by atoms with van der Waals surface area (Å²) in [6, 6.07) is 1.33. The summed E-state index contributed by atoms with van der Waals surface area (Å²) < 4.78 is 0. The highest BCUT2D eigenvalue weighted by Crippen LogP contribution is 2.54. The van der Waals surface area contributed by atoms with Gasteiger partial charge in [-0.15, -0.1) is 0 Å². The molecule has 2 aliphatic carbocycles. The molecule has 3 aliphatic rings. The standard InChI is InChI=1S/C18H19ClN2O3/c19-13-9-14(22)17-15(18(13)21(23)24)11-7-4-8-12(11)16(20-17)10-5-2-1-3-6-10/h1-2,4,7,9-12,16,20,22H,3,5-6,8H2/p-1/t10-,11-,12+,16-/m0/s1. The largest absolute Gasteiger partial charge is 0.871 e. The van der Waals surface area contributed by atoms with Crippen molar-refractivity contribution in [3.05, 3.63) is 51.1 Å². The van der Waals surface area contributed by atoms with Gasteiger partial charge in [0.1, 0.15) is 5.02 Å². The molecule has 0 radical (unpaired) electrons. The molecule has 0 saturated carbocycles. The van der Waals surface area contributed by atoms with Gasteiger partial charge in [-0.3, -0.25) is 10.1 Å². The zero-order valence-corrected chi connectivity index (χ0v) is 13.8. The third-order valence-corrected chi connectivity index (χ3v) is 5.86. The van der Waals surface area contributed by atoms with Crippen LogP contribution in [0.5, 0.6) is 5.75 Å². The monoisotopic (exact) mass is 345 g/mol. The van der Waals surface area contributed by atoms with Crippen molar-refractivity contribution in [2.24, 2.45) is 11.8 Å². The number of allylic oxidation sites excluding steroid dienone is 4. The molecular weight excluding hydrogens is 328 g/mol. The number of anilines is 1. The maximum absolute atomic E-state index is 12.5. The summed E-state index contributed by atoms with van der Waals surface area (Å²) in [7, 11) is 0. The van der Waals surface area contributed by atoms with Crippen LogP contribution in [0, 0.1) is 22.0 Å². The quantitative estimate of drug-likeness (QED) is 0.496. The molecule has 0 aromatic heterocycles. The molecule has 4 rings (SSSR count). The minimum atomic E-state index is -0.463. The molecule has 1 heterocycles. The zero-order valence-electron chi connectivity index (χ0n) is 13.1. The van der Waals surface area contributed by atoms with E-state index in [9.17, 15) is 15.2 Å². The topological polar surface area (TPSA) is 78.2 Å². The molecule has 1 aromatic carbocycles. The number of fused-ring (bicyclic) bond motifs is 3. The van der Waals surface area contributed by atoms with Crippen LogP contribution in [0.2, 0.25) is 5.02 Å². The molecule has 1 N–H and O–H groups in total. The molecule has 0 spiro atoms. The highest BCUT2D eigenvalue weighted by molar-refractivity contribution is 6.33. The van der Waals surface area contributed by atoms with Gasteiger partial charge in [0.2, 0.25) is 0 Å². The second-order valence-electron chi connectivity index (χ2n) is 6.82. The van der Waals surface area contributed by atoms with Crippen LogP contribution in [0.4, 0.5) is 11.4 Å². The number of rotatable bonds is 2. The van der Waals surface area contributed by atoms with E-state index in [0.717, 1.165) is 25.7 Å². The number of hydrogen-bond donors (Lipinski definition) is 1. The lowest BCUT2D eigenvalue weighted by molar-refractivity contribution is -0.385. The molecule has 24 heavy (non-hydrogen) atoms. The van der Waals surface area contributed by atoms with Gasteiger partial charge in [-0.05, 0) is 43.6 Å². The first kappa shape index (κ1) is 15.5. The van der Waals surface area contributed by atoms with E-state index in [-0.39, 0.29) is 34.3 Å². The van der Waals surface area contributed by atoms with Crippen molar-refractivity contribution in [1.29, 1.82) is 0 Å². The van der Waals surface area contributed by atoms with Gasteiger partial charge in [0.05, 0.1) is 10.5 Å². The van der Waals surface area contributed by atoms with Gasteiger partial charge >= 0.3 is 0 Å². The van der Waals surface area contributed by atoms with E-state index in [1.807, 2.05) is 6.08 Å². The number of nitro groups is 1. The SMILES string of the molecule is O=[N+]([O-])c1c(Cl)cc([O-])c2c1[C@H]1C=CC[C@H]1[C@H]([C@H]1CC=CCC1)N2. The van der Waals surface area contributed by atoms with Crippen molar-refractivity contribution in [1.82, 2.24) is 0 Å². The van der Waals surface area contributed by atoms with Crippen LogP contribution < -0.4 is 10.4 Å². The van der Waals surface area contributed by atoms with Gasteiger partial charge < -0.3 is 10.4 Å². The van der Waals surface area contributed by atoms with E-state index in [4.69, 9.17) is 11.6 Å². The molecule has 1 aliphatic heterocycles. The molecule has 4 atom stereocenters. The number of benzene rings is 1. The lowest BCUT2D eigenvalue weighted by atomic mass is 9.71. The lowest BCUT2D eigenvalue weighted by Gasteiger charge is -2.43. The average Bonchev–Trinajstić information content (AvgIpc) is 3.04. The van der Waals surface area contributed by atoms with Gasteiger partial charge in [0, 0.05) is 17.6 Å². The van der Waals surface area contributed by atoms with Gasteiger partial charge in [-0.2, -0.15) is 0 Å². The van der Waals surface area contributed by atoms with Crippen molar-refractivity contribution in [2.45, 2.75) is 37.6 Å². The molecule has 0 amide bonds. The molecule has 0 bridgehead atoms. The Labute approximate surface area is 145 Å². The Morgan fingerprint density at radius 2 is 2.08 bits per heavy atom. The first-order valence-corrected chi connectivity index (χ1v) is 8.71. The summed E-state index contributed by atoms with van der Waals surface area (Å²) in [6.45, 7) is 0. The first-order chi connectivity index (χ1) is 11.6. The summed E-state index contributed by atoms with van der Waals surface area (Å²) >= 11 is 6.03. The summed E-state index contributed by atoms with van der Waals surface area (Å²) in [5.41, 5.74) is 0.722. The van der Waals surface area contributed by atoms with Crippen molar-refractivity contribution in [2.75, 3.05) is 5.32 Å². The second-order valence-corrected chi connectivity index (χ2v) is 7.23. The Balaban J connectivity index is 1.84. The van der Waals surface area contributed by atoms with Crippen LogP contribution in [0.15, 0.2) is 30.4 Å². The van der Waals surface area contributed by atoms with Gasteiger partial charge in [-0.25, -0.2) is 0 Å². The number of halogens is 1. The molecular formula is C18H18ClN2O3-. The van der Waals surface area contributed by atoms with E-state index in [1.54, 1.807) is 0 Å². The zero-order chi connectivity index (χ0) is 16.8. The normalized spacial score (nSPS) is 30.5. The van der Waals surface area contributed by atoms with Crippen molar-refractivity contribution < 1.29 is 10.0 Å². The van der Waals surface area contributed by atoms with Gasteiger partial charge in [0.15, 0.2) is 0 Å². The molecule has 0 unspecified atom stereocenters. The number of nitrogens with zero attached hydrogens (tertiary/aromatic N) is 1. The predicted molar refractivity (Wildman–Crippen MR) is 91.4 cm³/mol. The fraction of sp³-hybridized carbons (Fsp3) is 0.444. The summed E-state index contributed by atoms with van der Waals surface area (Å²) in [6.07, 6.45) is 12.5. The third-order valence-electron chi connectivity index (χ3n) is 5.57. The Morgan fingerprint density at radius 3 is 2.79 bits per heavy atom. The number of nitrogens with one attached hydrogen (secondary N) is 1. The molecule has 0 fully saturated rings. The van der Waals surface area contributed by atoms with E-state index in [0.29, 0.717) is 17.2 Å². The molecule has 6 heteroatoms. The number of nitro benzene ring substituents is 1. The molecule has 1 aromatic rings.